The van der Waals surface area contributed by atoms with Gasteiger partial charge in [0.25, 0.3) is 0 Å². The van der Waals surface area contributed by atoms with Crippen LogP contribution in [0.3, 0.4) is 0 Å². The van der Waals surface area contributed by atoms with Gasteiger partial charge in [-0.25, -0.2) is 0 Å². The van der Waals surface area contributed by atoms with E-state index in [9.17, 15) is 9.59 Å². The third-order valence-electron chi connectivity index (χ3n) is 7.02. The zero-order valence-corrected chi connectivity index (χ0v) is 14.1. The maximum absolute atomic E-state index is 12.2. The Morgan fingerprint density at radius 3 is 2.91 bits per heavy atom. The van der Waals surface area contributed by atoms with Crippen LogP contribution in [0, 0.1) is 29.1 Å². The highest BCUT2D eigenvalue weighted by Crippen LogP contribution is 2.60. The summed E-state index contributed by atoms with van der Waals surface area (Å²) in [5, 5.41) is 0. The number of ether oxygens (including phenoxy) is 1. The van der Waals surface area contributed by atoms with Gasteiger partial charge in [-0.2, -0.15) is 0 Å². The molecule has 3 heteroatoms. The first-order chi connectivity index (χ1) is 11.0. The van der Waals surface area contributed by atoms with Crippen LogP contribution in [0.5, 0.6) is 0 Å². The molecule has 0 aromatic heterocycles. The van der Waals surface area contributed by atoms with Gasteiger partial charge >= 0.3 is 5.97 Å². The van der Waals surface area contributed by atoms with E-state index in [0.29, 0.717) is 29.6 Å². The number of allylic oxidation sites excluding steroid dienone is 3. The Balaban J connectivity index is 1.63. The first kappa shape index (κ1) is 15.2. The van der Waals surface area contributed by atoms with Crippen molar-refractivity contribution in [3.63, 3.8) is 0 Å². The molecule has 0 saturated heterocycles. The highest BCUT2D eigenvalue weighted by molar-refractivity contribution is 5.96. The molecule has 0 amide bonds. The van der Waals surface area contributed by atoms with Crippen LogP contribution < -0.4 is 0 Å². The van der Waals surface area contributed by atoms with Crippen molar-refractivity contribution in [3.05, 3.63) is 23.8 Å². The van der Waals surface area contributed by atoms with Crippen LogP contribution in [0.1, 0.15) is 52.4 Å². The van der Waals surface area contributed by atoms with Crippen molar-refractivity contribution in [2.24, 2.45) is 29.1 Å². The summed E-state index contributed by atoms with van der Waals surface area (Å²) in [4.78, 5) is 23.5. The Bertz CT molecular complexity index is 602. The number of rotatable bonds is 1. The minimum Gasteiger partial charge on any atom is -0.454 e. The van der Waals surface area contributed by atoms with Gasteiger partial charge in [0.2, 0.25) is 0 Å². The van der Waals surface area contributed by atoms with Crippen LogP contribution in [0.4, 0.5) is 0 Å². The van der Waals surface area contributed by atoms with E-state index < -0.39 is 6.10 Å². The molecule has 0 heterocycles. The molecular weight excluding hydrogens is 288 g/mol. The van der Waals surface area contributed by atoms with Crippen molar-refractivity contribution in [1.82, 2.24) is 0 Å². The summed E-state index contributed by atoms with van der Waals surface area (Å²) in [5.74, 6) is 2.05. The lowest BCUT2D eigenvalue weighted by atomic mass is 9.54. The lowest BCUT2D eigenvalue weighted by Crippen LogP contribution is -2.45. The van der Waals surface area contributed by atoms with Crippen molar-refractivity contribution in [1.29, 1.82) is 0 Å². The molecule has 4 aliphatic rings. The van der Waals surface area contributed by atoms with E-state index in [1.807, 2.05) is 0 Å². The molecular formula is C20H26O3. The van der Waals surface area contributed by atoms with Crippen LogP contribution in [-0.4, -0.2) is 17.9 Å². The molecule has 0 aromatic carbocycles. The van der Waals surface area contributed by atoms with Crippen molar-refractivity contribution in [2.45, 2.75) is 58.5 Å². The average Bonchev–Trinajstić information content (AvgIpc) is 2.89. The van der Waals surface area contributed by atoms with E-state index in [0.717, 1.165) is 5.92 Å². The fourth-order valence-corrected chi connectivity index (χ4v) is 5.93. The summed E-state index contributed by atoms with van der Waals surface area (Å²) >= 11 is 0. The fourth-order valence-electron chi connectivity index (χ4n) is 5.93. The third kappa shape index (κ3) is 2.40. The highest BCUT2D eigenvalue weighted by atomic mass is 16.5. The second-order valence-corrected chi connectivity index (χ2v) is 8.28. The number of esters is 1. The Labute approximate surface area is 138 Å². The molecule has 0 spiro atoms. The zero-order chi connectivity index (χ0) is 16.2. The molecule has 0 radical (unpaired) electrons. The Kier molecular flexibility index (Phi) is 3.51. The molecule has 0 aromatic rings. The zero-order valence-electron chi connectivity index (χ0n) is 14.1. The molecule has 3 nitrogen and oxygen atoms in total. The maximum Gasteiger partial charge on any atom is 0.303 e. The van der Waals surface area contributed by atoms with Gasteiger partial charge in [0.15, 0.2) is 11.9 Å². The highest BCUT2D eigenvalue weighted by Gasteiger charge is 2.52. The first-order valence-electron chi connectivity index (χ1n) is 9.09. The van der Waals surface area contributed by atoms with Crippen molar-refractivity contribution < 1.29 is 14.3 Å². The molecule has 124 valence electrons. The molecule has 2 saturated carbocycles. The van der Waals surface area contributed by atoms with Gasteiger partial charge in [-0.05, 0) is 72.8 Å². The van der Waals surface area contributed by atoms with E-state index in [-0.39, 0.29) is 11.8 Å². The van der Waals surface area contributed by atoms with E-state index in [1.165, 1.54) is 44.6 Å². The van der Waals surface area contributed by atoms with E-state index in [1.54, 1.807) is 6.08 Å². The number of carbonyl (C=O) groups is 2. The van der Waals surface area contributed by atoms with Gasteiger partial charge in [0.1, 0.15) is 0 Å². The number of fused-ring (bicyclic) bond motifs is 5. The van der Waals surface area contributed by atoms with Gasteiger partial charge in [-0.3, -0.25) is 9.59 Å². The number of ketones is 1. The van der Waals surface area contributed by atoms with Crippen LogP contribution in [-0.2, 0) is 14.3 Å². The number of carbonyl (C=O) groups excluding carboxylic acids is 2. The lowest BCUT2D eigenvalue weighted by molar-refractivity contribution is -0.153. The molecule has 0 N–H and O–H groups in total. The summed E-state index contributed by atoms with van der Waals surface area (Å²) in [6.45, 7) is 3.87. The van der Waals surface area contributed by atoms with Crippen LogP contribution in [0.25, 0.3) is 0 Å². The summed E-state index contributed by atoms with van der Waals surface area (Å²) in [7, 11) is 0. The maximum atomic E-state index is 12.2. The molecule has 23 heavy (non-hydrogen) atoms. The molecule has 6 atom stereocenters. The van der Waals surface area contributed by atoms with E-state index in [4.69, 9.17) is 4.74 Å². The Morgan fingerprint density at radius 2 is 2.13 bits per heavy atom. The Hall–Kier alpha value is -1.38. The lowest BCUT2D eigenvalue weighted by Gasteiger charge is -2.50. The molecule has 0 aliphatic heterocycles. The summed E-state index contributed by atoms with van der Waals surface area (Å²) in [5.41, 5.74) is 1.69. The monoisotopic (exact) mass is 314 g/mol. The predicted octanol–water partition coefficient (Wildman–Crippen LogP) is 3.84. The molecule has 0 bridgehead atoms. The second-order valence-electron chi connectivity index (χ2n) is 8.28. The topological polar surface area (TPSA) is 43.4 Å². The van der Waals surface area contributed by atoms with Crippen molar-refractivity contribution >= 4 is 11.8 Å². The van der Waals surface area contributed by atoms with E-state index >= 15 is 0 Å². The van der Waals surface area contributed by atoms with Gasteiger partial charge in [-0.1, -0.05) is 25.5 Å². The minimum atomic E-state index is -0.565. The molecule has 4 rings (SSSR count). The fraction of sp³-hybridized carbons (Fsp3) is 0.700. The average molecular weight is 314 g/mol. The summed E-state index contributed by atoms with van der Waals surface area (Å²) < 4.78 is 5.28. The SMILES string of the molecule is CC(=O)OC1C[C@H]2C(=CC1=O)C=C[C@@H]1[C@@H]2CC[C@]2(C)CCC[C@@H]12. The quantitative estimate of drug-likeness (QED) is 0.691. The van der Waals surface area contributed by atoms with Gasteiger partial charge in [0, 0.05) is 6.92 Å². The standard InChI is InChI=1S/C20H26O3/c1-12(21)23-19-11-16-13(10-18(19)22)5-6-15-14(16)7-9-20(2)8-3-4-17(15)20/h5-6,10,14-17,19H,3-4,7-9,11H2,1-2H3/t14-,15+,16-,17-,19?,20-/m0/s1. The van der Waals surface area contributed by atoms with E-state index in [2.05, 4.69) is 19.1 Å². The summed E-state index contributed by atoms with van der Waals surface area (Å²) in [6.07, 6.45) is 13.1. The minimum absolute atomic E-state index is 0.0453. The summed E-state index contributed by atoms with van der Waals surface area (Å²) in [6, 6.07) is 0. The second kappa shape index (κ2) is 5.32. The number of hydrogen-bond donors (Lipinski definition) is 0. The van der Waals surface area contributed by atoms with Crippen LogP contribution in [0.2, 0.25) is 0 Å². The van der Waals surface area contributed by atoms with Crippen molar-refractivity contribution in [3.8, 4) is 0 Å². The number of hydrogen-bond acceptors (Lipinski definition) is 3. The van der Waals surface area contributed by atoms with Gasteiger partial charge < -0.3 is 4.74 Å². The van der Waals surface area contributed by atoms with Gasteiger partial charge in [0.05, 0.1) is 0 Å². The first-order valence-corrected chi connectivity index (χ1v) is 9.09. The molecule has 1 unspecified atom stereocenters. The van der Waals surface area contributed by atoms with Crippen molar-refractivity contribution in [2.75, 3.05) is 0 Å². The predicted molar refractivity (Wildman–Crippen MR) is 87.6 cm³/mol. The normalized spacial score (nSPS) is 44.9. The third-order valence-corrected chi connectivity index (χ3v) is 7.02. The Morgan fingerprint density at radius 1 is 1.30 bits per heavy atom. The molecule has 2 fully saturated rings. The van der Waals surface area contributed by atoms with Crippen LogP contribution in [0.15, 0.2) is 23.8 Å². The van der Waals surface area contributed by atoms with Crippen LogP contribution >= 0.6 is 0 Å². The largest absolute Gasteiger partial charge is 0.454 e. The smallest absolute Gasteiger partial charge is 0.303 e. The molecule has 4 aliphatic carbocycles. The van der Waals surface area contributed by atoms with Gasteiger partial charge in [-0.15, -0.1) is 0 Å².